The Hall–Kier alpha value is -2.01. The minimum absolute atomic E-state index is 0.482. The van der Waals surface area contributed by atoms with Gasteiger partial charge in [-0.3, -0.25) is 0 Å². The van der Waals surface area contributed by atoms with Gasteiger partial charge in [-0.2, -0.15) is 0 Å². The lowest BCUT2D eigenvalue weighted by atomic mass is 10.2. The summed E-state index contributed by atoms with van der Waals surface area (Å²) in [5.74, 6) is 1.78. The van der Waals surface area contributed by atoms with Gasteiger partial charge in [-0.15, -0.1) is 0 Å². The topological polar surface area (TPSA) is 41.5 Å². The van der Waals surface area contributed by atoms with Crippen LogP contribution >= 0.6 is 11.6 Å². The van der Waals surface area contributed by atoms with E-state index in [1.165, 1.54) is 12.0 Å². The normalized spacial score (nSPS) is 15.1. The van der Waals surface area contributed by atoms with E-state index in [-0.39, 0.29) is 0 Å². The maximum Gasteiger partial charge on any atom is 0.134 e. The number of rotatable bonds is 3. The number of benzene rings is 1. The monoisotopic (exact) mass is 304 g/mol. The number of ether oxygens (including phenoxy) is 1. The second-order valence-corrected chi connectivity index (χ2v) is 5.26. The molecule has 0 aliphatic carbocycles. The highest BCUT2D eigenvalue weighted by Crippen LogP contribution is 2.23. The molecule has 0 amide bonds. The summed E-state index contributed by atoms with van der Waals surface area (Å²) in [5, 5.41) is 0.482. The number of methoxy groups -OCH3 is 1. The number of nitrogens with zero attached hydrogens (tertiary/aromatic N) is 4. The van der Waals surface area contributed by atoms with Crippen LogP contribution in [0.4, 0.5) is 11.5 Å². The lowest BCUT2D eigenvalue weighted by Crippen LogP contribution is -2.46. The molecule has 0 bridgehead atoms. The predicted octanol–water partition coefficient (Wildman–Crippen LogP) is 2.47. The third kappa shape index (κ3) is 3.19. The minimum Gasteiger partial charge on any atom is -0.497 e. The van der Waals surface area contributed by atoms with Crippen LogP contribution < -0.4 is 14.5 Å². The summed E-state index contributed by atoms with van der Waals surface area (Å²) in [5.41, 5.74) is 1.19. The molecule has 1 aromatic carbocycles. The summed E-state index contributed by atoms with van der Waals surface area (Å²) in [7, 11) is 1.69. The molecule has 1 aliphatic rings. The Labute approximate surface area is 129 Å². The molecule has 1 fully saturated rings. The standard InChI is InChI=1S/C15H17ClN4O/c1-21-13-4-2-3-12(9-13)19-5-7-20(8-6-19)15-10-14(16)17-11-18-15/h2-4,9-11H,5-8H2,1H3. The molecule has 1 aromatic heterocycles. The maximum absolute atomic E-state index is 5.92. The Morgan fingerprint density at radius 1 is 1.05 bits per heavy atom. The van der Waals surface area contributed by atoms with Crippen LogP contribution in [-0.2, 0) is 0 Å². The number of hydrogen-bond donors (Lipinski definition) is 0. The van der Waals surface area contributed by atoms with Crippen molar-refractivity contribution in [1.82, 2.24) is 9.97 Å². The van der Waals surface area contributed by atoms with E-state index in [9.17, 15) is 0 Å². The van der Waals surface area contributed by atoms with Crippen molar-refractivity contribution in [2.75, 3.05) is 43.1 Å². The summed E-state index contributed by atoms with van der Waals surface area (Å²) in [4.78, 5) is 12.8. The molecular formula is C15H17ClN4O. The van der Waals surface area contributed by atoms with Gasteiger partial charge < -0.3 is 14.5 Å². The Kier molecular flexibility index (Phi) is 4.10. The first kappa shape index (κ1) is 13.9. The molecule has 0 spiro atoms. The van der Waals surface area contributed by atoms with Crippen molar-refractivity contribution in [3.05, 3.63) is 41.8 Å². The molecule has 0 saturated carbocycles. The molecule has 2 heterocycles. The quantitative estimate of drug-likeness (QED) is 0.815. The summed E-state index contributed by atoms with van der Waals surface area (Å²) in [6.45, 7) is 3.69. The average molecular weight is 305 g/mol. The average Bonchev–Trinajstić information content (AvgIpc) is 2.55. The van der Waals surface area contributed by atoms with E-state index >= 15 is 0 Å². The minimum atomic E-state index is 0.482. The van der Waals surface area contributed by atoms with E-state index < -0.39 is 0 Å². The van der Waals surface area contributed by atoms with Crippen molar-refractivity contribution in [2.45, 2.75) is 0 Å². The molecule has 0 unspecified atom stereocenters. The second kappa shape index (κ2) is 6.18. The molecule has 21 heavy (non-hydrogen) atoms. The summed E-state index contributed by atoms with van der Waals surface area (Å²) in [6, 6.07) is 9.97. The largest absolute Gasteiger partial charge is 0.497 e. The van der Waals surface area contributed by atoms with Crippen LogP contribution in [0.15, 0.2) is 36.7 Å². The highest BCUT2D eigenvalue weighted by Gasteiger charge is 2.18. The fourth-order valence-electron chi connectivity index (χ4n) is 2.50. The van der Waals surface area contributed by atoms with Gasteiger partial charge in [-0.1, -0.05) is 17.7 Å². The van der Waals surface area contributed by atoms with Crippen LogP contribution in [-0.4, -0.2) is 43.3 Å². The first-order valence-corrected chi connectivity index (χ1v) is 7.25. The van der Waals surface area contributed by atoms with Crippen molar-refractivity contribution < 1.29 is 4.74 Å². The highest BCUT2D eigenvalue weighted by molar-refractivity contribution is 6.29. The van der Waals surface area contributed by atoms with Crippen molar-refractivity contribution >= 4 is 23.1 Å². The maximum atomic E-state index is 5.92. The number of halogens is 1. The first-order chi connectivity index (χ1) is 10.3. The Morgan fingerprint density at radius 3 is 2.52 bits per heavy atom. The number of piperazine rings is 1. The number of hydrogen-bond acceptors (Lipinski definition) is 5. The van der Waals surface area contributed by atoms with Gasteiger partial charge >= 0.3 is 0 Å². The van der Waals surface area contributed by atoms with Crippen molar-refractivity contribution in [3.63, 3.8) is 0 Å². The summed E-state index contributed by atoms with van der Waals surface area (Å²) >= 11 is 5.92. The van der Waals surface area contributed by atoms with Gasteiger partial charge in [0.2, 0.25) is 0 Å². The summed E-state index contributed by atoms with van der Waals surface area (Å²) < 4.78 is 5.28. The Morgan fingerprint density at radius 2 is 1.81 bits per heavy atom. The molecule has 2 aromatic rings. The zero-order valence-corrected chi connectivity index (χ0v) is 12.6. The van der Waals surface area contributed by atoms with Crippen LogP contribution in [0.5, 0.6) is 5.75 Å². The van der Waals surface area contributed by atoms with Gasteiger partial charge in [0.25, 0.3) is 0 Å². The van der Waals surface area contributed by atoms with Gasteiger partial charge in [0.1, 0.15) is 23.0 Å². The highest BCUT2D eigenvalue weighted by atomic mass is 35.5. The van der Waals surface area contributed by atoms with E-state index in [1.54, 1.807) is 7.11 Å². The van der Waals surface area contributed by atoms with Crippen molar-refractivity contribution in [3.8, 4) is 5.75 Å². The van der Waals surface area contributed by atoms with Gasteiger partial charge in [0.15, 0.2) is 0 Å². The molecule has 5 nitrogen and oxygen atoms in total. The van der Waals surface area contributed by atoms with E-state index in [1.807, 2.05) is 18.2 Å². The second-order valence-electron chi connectivity index (χ2n) is 4.87. The molecule has 1 saturated heterocycles. The van der Waals surface area contributed by atoms with Gasteiger partial charge in [0.05, 0.1) is 7.11 Å². The van der Waals surface area contributed by atoms with E-state index in [2.05, 4.69) is 31.9 Å². The van der Waals surface area contributed by atoms with Gasteiger partial charge in [-0.25, -0.2) is 9.97 Å². The van der Waals surface area contributed by atoms with Crippen LogP contribution in [0, 0.1) is 0 Å². The third-order valence-electron chi connectivity index (χ3n) is 3.64. The number of aromatic nitrogens is 2. The molecular weight excluding hydrogens is 288 g/mol. The van der Waals surface area contributed by atoms with Gasteiger partial charge in [-0.05, 0) is 12.1 Å². The van der Waals surface area contributed by atoms with Crippen molar-refractivity contribution in [1.29, 1.82) is 0 Å². The van der Waals surface area contributed by atoms with Crippen molar-refractivity contribution in [2.24, 2.45) is 0 Å². The molecule has 0 atom stereocenters. The van der Waals surface area contributed by atoms with E-state index in [0.29, 0.717) is 5.15 Å². The Bertz CT molecular complexity index is 614. The van der Waals surface area contributed by atoms with E-state index in [4.69, 9.17) is 16.3 Å². The van der Waals surface area contributed by atoms with Crippen LogP contribution in [0.3, 0.4) is 0 Å². The molecule has 0 radical (unpaired) electrons. The molecule has 1 aliphatic heterocycles. The zero-order chi connectivity index (χ0) is 14.7. The fraction of sp³-hybridized carbons (Fsp3) is 0.333. The SMILES string of the molecule is COc1cccc(N2CCN(c3cc(Cl)ncn3)CC2)c1. The van der Waals surface area contributed by atoms with Gasteiger partial charge in [0, 0.05) is 44.0 Å². The smallest absolute Gasteiger partial charge is 0.134 e. The lowest BCUT2D eigenvalue weighted by Gasteiger charge is -2.36. The molecule has 110 valence electrons. The molecule has 6 heteroatoms. The van der Waals surface area contributed by atoms with Crippen LogP contribution in [0.2, 0.25) is 5.15 Å². The third-order valence-corrected chi connectivity index (χ3v) is 3.85. The Balaban J connectivity index is 1.67. The zero-order valence-electron chi connectivity index (χ0n) is 11.9. The molecule has 0 N–H and O–H groups in total. The van der Waals surface area contributed by atoms with Crippen LogP contribution in [0.25, 0.3) is 0 Å². The molecule has 3 rings (SSSR count). The fourth-order valence-corrected chi connectivity index (χ4v) is 2.64. The summed E-state index contributed by atoms with van der Waals surface area (Å²) in [6.07, 6.45) is 1.51. The van der Waals surface area contributed by atoms with Crippen LogP contribution in [0.1, 0.15) is 0 Å². The predicted molar refractivity (Wildman–Crippen MR) is 84.5 cm³/mol. The lowest BCUT2D eigenvalue weighted by molar-refractivity contribution is 0.414. The first-order valence-electron chi connectivity index (χ1n) is 6.88. The number of anilines is 2. The van der Waals surface area contributed by atoms with E-state index in [0.717, 1.165) is 37.7 Å².